The first kappa shape index (κ1) is 28.4. The van der Waals surface area contributed by atoms with Crippen molar-refractivity contribution in [2.24, 2.45) is 0 Å². The first-order chi connectivity index (χ1) is 20.6. The molecule has 0 unspecified atom stereocenters. The Balaban J connectivity index is 1.18. The molecule has 3 aromatic carbocycles. The van der Waals surface area contributed by atoms with Crippen LogP contribution in [0.3, 0.4) is 0 Å². The number of aromatic nitrogens is 1. The zero-order chi connectivity index (χ0) is 29.1. The Morgan fingerprint density at radius 3 is 1.93 bits per heavy atom. The monoisotopic (exact) mass is 687 g/mol. The standard InChI is InChI=1S/C32H30IN7OS/c33-42-40-10-9-27-28(32(41)39-17-15-38(16-18-39)30-8-4-2-6-26(30)22-35)19-24(20-31(27)40)23-36-11-13-37(14-12-36)29-7-3-1-5-25(29)21-34/h1-10,19-20H,11-18,23H2. The van der Waals surface area contributed by atoms with Crippen molar-refractivity contribution in [2.75, 3.05) is 62.2 Å². The van der Waals surface area contributed by atoms with E-state index < -0.39 is 0 Å². The highest BCUT2D eigenvalue weighted by Crippen LogP contribution is 2.31. The van der Waals surface area contributed by atoms with Gasteiger partial charge in [-0.05, 0) is 48.0 Å². The number of rotatable bonds is 6. The lowest BCUT2D eigenvalue weighted by molar-refractivity contribution is 0.0748. The maximum absolute atomic E-state index is 14.0. The second-order valence-corrected chi connectivity index (χ2v) is 12.3. The van der Waals surface area contributed by atoms with Gasteiger partial charge < -0.3 is 14.7 Å². The maximum Gasteiger partial charge on any atom is 0.254 e. The van der Waals surface area contributed by atoms with Crippen LogP contribution in [0.2, 0.25) is 0 Å². The topological polar surface area (TPSA) is 82.5 Å². The second kappa shape index (κ2) is 12.7. The Morgan fingerprint density at radius 2 is 1.36 bits per heavy atom. The third kappa shape index (κ3) is 5.67. The quantitative estimate of drug-likeness (QED) is 0.247. The molecule has 0 atom stereocenters. The highest BCUT2D eigenvalue weighted by Gasteiger charge is 2.26. The predicted molar refractivity (Wildman–Crippen MR) is 177 cm³/mol. The van der Waals surface area contributed by atoms with Crippen LogP contribution in [-0.4, -0.2) is 72.0 Å². The third-order valence-corrected chi connectivity index (χ3v) is 9.95. The Kier molecular flexibility index (Phi) is 8.56. The summed E-state index contributed by atoms with van der Waals surface area (Å²) in [4.78, 5) is 22.8. The molecule has 2 aliphatic heterocycles. The number of para-hydroxylation sites is 2. The van der Waals surface area contributed by atoms with E-state index in [4.69, 9.17) is 0 Å². The molecule has 0 spiro atoms. The Hall–Kier alpha value is -3.71. The van der Waals surface area contributed by atoms with Crippen LogP contribution >= 0.6 is 30.3 Å². The lowest BCUT2D eigenvalue weighted by Crippen LogP contribution is -2.49. The summed E-state index contributed by atoms with van der Waals surface area (Å²) in [7, 11) is 1.60. The number of carbonyl (C=O) groups excluding carboxylic acids is 1. The molecular formula is C32H30IN7OS. The molecule has 0 aliphatic carbocycles. The van der Waals surface area contributed by atoms with Crippen LogP contribution in [0.25, 0.3) is 10.9 Å². The minimum absolute atomic E-state index is 0.0595. The fourth-order valence-electron chi connectivity index (χ4n) is 6.02. The molecule has 4 aromatic rings. The average Bonchev–Trinajstić information content (AvgIpc) is 3.47. The summed E-state index contributed by atoms with van der Waals surface area (Å²) in [6.45, 7) is 6.84. The molecule has 1 amide bonds. The SMILES string of the molecule is N#Cc1ccccc1N1CCN(Cc2cc(C(=O)N3CCN(c4ccccc4C#N)CC3)c3ccn(SI)c3c2)CC1. The van der Waals surface area contributed by atoms with Gasteiger partial charge in [0, 0.05) is 106 Å². The summed E-state index contributed by atoms with van der Waals surface area (Å²) >= 11 is 2.28. The molecule has 6 rings (SSSR count). The first-order valence-electron chi connectivity index (χ1n) is 14.0. The summed E-state index contributed by atoms with van der Waals surface area (Å²) in [6, 6.07) is 26.4. The highest BCUT2D eigenvalue weighted by molar-refractivity contribution is 14.2. The fraction of sp³-hybridized carbons (Fsp3) is 0.281. The first-order valence-corrected chi connectivity index (χ1v) is 17.3. The van der Waals surface area contributed by atoms with Crippen LogP contribution < -0.4 is 9.80 Å². The van der Waals surface area contributed by atoms with Crippen LogP contribution in [0.1, 0.15) is 27.0 Å². The van der Waals surface area contributed by atoms with E-state index in [9.17, 15) is 15.3 Å². The number of piperazine rings is 2. The van der Waals surface area contributed by atoms with E-state index in [1.807, 2.05) is 65.7 Å². The lowest BCUT2D eigenvalue weighted by atomic mass is 10.0. The van der Waals surface area contributed by atoms with Crippen molar-refractivity contribution >= 4 is 58.5 Å². The molecule has 0 N–H and O–H groups in total. The lowest BCUT2D eigenvalue weighted by Gasteiger charge is -2.37. The molecule has 8 nitrogen and oxygen atoms in total. The number of hydrogen-bond donors (Lipinski definition) is 0. The molecule has 2 saturated heterocycles. The zero-order valence-corrected chi connectivity index (χ0v) is 26.1. The van der Waals surface area contributed by atoms with E-state index in [1.165, 1.54) is 0 Å². The molecule has 0 radical (unpaired) electrons. The molecule has 2 fully saturated rings. The Morgan fingerprint density at radius 1 is 0.786 bits per heavy atom. The molecule has 0 bridgehead atoms. The summed E-state index contributed by atoms with van der Waals surface area (Å²) in [6.07, 6.45) is 2.03. The smallest absolute Gasteiger partial charge is 0.254 e. The van der Waals surface area contributed by atoms with Crippen LogP contribution in [0.4, 0.5) is 11.4 Å². The Labute approximate surface area is 262 Å². The van der Waals surface area contributed by atoms with Gasteiger partial charge in [0.25, 0.3) is 5.91 Å². The Bertz CT molecular complexity index is 1690. The van der Waals surface area contributed by atoms with Crippen molar-refractivity contribution in [3.63, 3.8) is 0 Å². The van der Waals surface area contributed by atoms with E-state index in [2.05, 4.69) is 64.1 Å². The fourth-order valence-corrected chi connectivity index (χ4v) is 7.38. The number of halogens is 1. The molecule has 212 valence electrons. The molecule has 42 heavy (non-hydrogen) atoms. The molecule has 10 heteroatoms. The van der Waals surface area contributed by atoms with Gasteiger partial charge in [0.05, 0.1) is 28.0 Å². The van der Waals surface area contributed by atoms with E-state index in [0.29, 0.717) is 37.3 Å². The van der Waals surface area contributed by atoms with Gasteiger partial charge in [0.2, 0.25) is 0 Å². The minimum Gasteiger partial charge on any atom is -0.368 e. The molecule has 2 aliphatic rings. The number of anilines is 2. The van der Waals surface area contributed by atoms with Gasteiger partial charge in [-0.3, -0.25) is 13.7 Å². The van der Waals surface area contributed by atoms with Gasteiger partial charge in [0.1, 0.15) is 12.1 Å². The average molecular weight is 688 g/mol. The van der Waals surface area contributed by atoms with Crippen LogP contribution in [-0.2, 0) is 6.54 Å². The van der Waals surface area contributed by atoms with Gasteiger partial charge in [-0.1, -0.05) is 24.3 Å². The van der Waals surface area contributed by atoms with Crippen LogP contribution in [0.15, 0.2) is 72.9 Å². The van der Waals surface area contributed by atoms with Gasteiger partial charge in [-0.2, -0.15) is 10.5 Å². The molecule has 1 aromatic heterocycles. The van der Waals surface area contributed by atoms with Crippen LogP contribution in [0.5, 0.6) is 0 Å². The van der Waals surface area contributed by atoms with E-state index >= 15 is 0 Å². The second-order valence-electron chi connectivity index (χ2n) is 10.6. The number of fused-ring (bicyclic) bond motifs is 1. The summed E-state index contributed by atoms with van der Waals surface area (Å²) in [5.41, 5.74) is 6.25. The largest absolute Gasteiger partial charge is 0.368 e. The summed E-state index contributed by atoms with van der Waals surface area (Å²) in [5.74, 6) is 0.0595. The molecule has 3 heterocycles. The zero-order valence-electron chi connectivity index (χ0n) is 23.1. The van der Waals surface area contributed by atoms with Crippen molar-refractivity contribution in [2.45, 2.75) is 6.54 Å². The number of benzene rings is 3. The van der Waals surface area contributed by atoms with Gasteiger partial charge in [-0.15, -0.1) is 0 Å². The normalized spacial score (nSPS) is 15.9. The van der Waals surface area contributed by atoms with E-state index in [1.54, 1.807) is 9.12 Å². The minimum atomic E-state index is 0.0595. The number of nitrogens with zero attached hydrogens (tertiary/aromatic N) is 7. The van der Waals surface area contributed by atoms with Crippen molar-refractivity contribution in [1.82, 2.24) is 13.8 Å². The van der Waals surface area contributed by atoms with Crippen molar-refractivity contribution in [3.8, 4) is 12.1 Å². The highest BCUT2D eigenvalue weighted by atomic mass is 127. The van der Waals surface area contributed by atoms with Crippen molar-refractivity contribution in [3.05, 3.63) is 95.2 Å². The maximum atomic E-state index is 14.0. The van der Waals surface area contributed by atoms with Crippen molar-refractivity contribution < 1.29 is 4.79 Å². The van der Waals surface area contributed by atoms with Gasteiger partial charge in [-0.25, -0.2) is 0 Å². The molecular weight excluding hydrogens is 657 g/mol. The number of carbonyl (C=O) groups is 1. The van der Waals surface area contributed by atoms with E-state index in [-0.39, 0.29) is 5.91 Å². The van der Waals surface area contributed by atoms with Crippen molar-refractivity contribution in [1.29, 1.82) is 10.5 Å². The third-order valence-electron chi connectivity index (χ3n) is 8.21. The van der Waals surface area contributed by atoms with Gasteiger partial charge in [0.15, 0.2) is 0 Å². The number of amides is 1. The molecule has 0 saturated carbocycles. The predicted octanol–water partition coefficient (Wildman–Crippen LogP) is 5.52. The van der Waals surface area contributed by atoms with E-state index in [0.717, 1.165) is 66.1 Å². The van der Waals surface area contributed by atoms with Gasteiger partial charge >= 0.3 is 0 Å². The number of hydrogen-bond acceptors (Lipinski definition) is 7. The summed E-state index contributed by atoms with van der Waals surface area (Å²) in [5, 5.41) is 20.0. The van der Waals surface area contributed by atoms with Crippen LogP contribution in [0, 0.1) is 22.7 Å². The number of nitriles is 2. The summed E-state index contributed by atoms with van der Waals surface area (Å²) < 4.78 is 2.11.